The number of piperidine rings is 1. The third-order valence-corrected chi connectivity index (χ3v) is 2.58. The Balaban J connectivity index is 2.14. The minimum absolute atomic E-state index is 0.223. The van der Waals surface area contributed by atoms with Crippen molar-refractivity contribution in [1.82, 2.24) is 4.90 Å². The third-order valence-electron chi connectivity index (χ3n) is 2.58. The maximum atomic E-state index is 11.3. The molecular weight excluding hydrogens is 138 g/mol. The summed E-state index contributed by atoms with van der Waals surface area (Å²) in [7, 11) is 0. The first-order chi connectivity index (χ1) is 5.38. The van der Waals surface area contributed by atoms with Crippen LogP contribution in [0.4, 0.5) is 0 Å². The molecule has 0 bridgehead atoms. The van der Waals surface area contributed by atoms with Crippen LogP contribution in [-0.2, 0) is 4.79 Å². The third kappa shape index (κ3) is 1.17. The van der Waals surface area contributed by atoms with Crippen LogP contribution in [0.1, 0.15) is 25.7 Å². The number of hydrogen-bond acceptors (Lipinski definition) is 1. The van der Waals surface area contributed by atoms with E-state index >= 15 is 0 Å². The first-order valence-electron chi connectivity index (χ1n) is 4.35. The van der Waals surface area contributed by atoms with Gasteiger partial charge in [-0.25, -0.2) is 0 Å². The van der Waals surface area contributed by atoms with Crippen LogP contribution in [0.25, 0.3) is 0 Å². The normalized spacial score (nSPS) is 30.4. The molecule has 2 nitrogen and oxygen atoms in total. The summed E-state index contributed by atoms with van der Waals surface area (Å²) < 4.78 is 0. The van der Waals surface area contributed by atoms with Crippen molar-refractivity contribution in [2.75, 3.05) is 6.54 Å². The van der Waals surface area contributed by atoms with E-state index in [0.29, 0.717) is 6.04 Å². The van der Waals surface area contributed by atoms with Gasteiger partial charge in [-0.15, -0.1) is 0 Å². The molecule has 2 rings (SSSR count). The average molecular weight is 151 g/mol. The summed E-state index contributed by atoms with van der Waals surface area (Å²) >= 11 is 0. The molecule has 1 atom stereocenters. The molecule has 0 aromatic heterocycles. The van der Waals surface area contributed by atoms with Crippen LogP contribution >= 0.6 is 0 Å². The fourth-order valence-electron chi connectivity index (χ4n) is 1.96. The molecule has 0 N–H and O–H groups in total. The minimum atomic E-state index is 0.223. The highest BCUT2D eigenvalue weighted by atomic mass is 16.2. The summed E-state index contributed by atoms with van der Waals surface area (Å²) in [5.41, 5.74) is 0. The maximum absolute atomic E-state index is 11.3. The first kappa shape index (κ1) is 6.89. The molecule has 2 heteroatoms. The molecule has 11 heavy (non-hydrogen) atoms. The van der Waals surface area contributed by atoms with Crippen LogP contribution in [0.3, 0.4) is 0 Å². The molecule has 1 saturated heterocycles. The van der Waals surface area contributed by atoms with Crippen molar-refractivity contribution >= 4 is 5.91 Å². The second-order valence-electron chi connectivity index (χ2n) is 3.32. The van der Waals surface area contributed by atoms with E-state index in [2.05, 4.69) is 0 Å². The van der Waals surface area contributed by atoms with Gasteiger partial charge in [0, 0.05) is 12.6 Å². The summed E-state index contributed by atoms with van der Waals surface area (Å²) in [6, 6.07) is 0.529. The molecular formula is C9H13NO. The molecule has 2 aliphatic rings. The number of nitrogens with zero attached hydrogens (tertiary/aromatic N) is 1. The molecule has 0 radical (unpaired) electrons. The van der Waals surface area contributed by atoms with Crippen molar-refractivity contribution in [3.8, 4) is 0 Å². The Kier molecular flexibility index (Phi) is 1.68. The fraction of sp³-hybridized carbons (Fsp3) is 0.667. The van der Waals surface area contributed by atoms with Gasteiger partial charge in [0.1, 0.15) is 0 Å². The standard InChI is InChI=1S/C9H13NO/c11-9-6-3-5-8-4-1-2-7-10(8)9/h3,6,8H,1-2,4-5,7H2. The largest absolute Gasteiger partial charge is 0.336 e. The van der Waals surface area contributed by atoms with Gasteiger partial charge in [0.25, 0.3) is 0 Å². The van der Waals surface area contributed by atoms with E-state index in [1.807, 2.05) is 11.0 Å². The Labute approximate surface area is 66.9 Å². The quantitative estimate of drug-likeness (QED) is 0.511. The number of rotatable bonds is 0. The van der Waals surface area contributed by atoms with Crippen molar-refractivity contribution in [2.24, 2.45) is 0 Å². The van der Waals surface area contributed by atoms with Gasteiger partial charge in [-0.05, 0) is 31.8 Å². The van der Waals surface area contributed by atoms with E-state index in [0.717, 1.165) is 13.0 Å². The molecule has 0 spiro atoms. The van der Waals surface area contributed by atoms with Gasteiger partial charge in [-0.3, -0.25) is 4.79 Å². The van der Waals surface area contributed by atoms with Crippen LogP contribution < -0.4 is 0 Å². The zero-order valence-corrected chi connectivity index (χ0v) is 6.62. The molecule has 2 heterocycles. The van der Waals surface area contributed by atoms with Crippen molar-refractivity contribution in [3.05, 3.63) is 12.2 Å². The molecule has 1 amide bonds. The Hall–Kier alpha value is -0.790. The van der Waals surface area contributed by atoms with Crippen LogP contribution in [0.5, 0.6) is 0 Å². The monoisotopic (exact) mass is 151 g/mol. The van der Waals surface area contributed by atoms with E-state index in [4.69, 9.17) is 0 Å². The van der Waals surface area contributed by atoms with E-state index in [-0.39, 0.29) is 5.91 Å². The molecule has 0 aromatic rings. The van der Waals surface area contributed by atoms with Crippen LogP contribution in [0.15, 0.2) is 12.2 Å². The lowest BCUT2D eigenvalue weighted by Gasteiger charge is -2.36. The van der Waals surface area contributed by atoms with E-state index in [9.17, 15) is 4.79 Å². The molecule has 1 unspecified atom stereocenters. The zero-order chi connectivity index (χ0) is 7.68. The SMILES string of the molecule is O=C1C=CCC2CCCCN12. The average Bonchev–Trinajstić information content (AvgIpc) is 2.06. The molecule has 0 saturated carbocycles. The summed E-state index contributed by atoms with van der Waals surface area (Å²) in [6.45, 7) is 0.980. The van der Waals surface area contributed by atoms with Crippen LogP contribution in [-0.4, -0.2) is 23.4 Å². The second-order valence-corrected chi connectivity index (χ2v) is 3.32. The highest BCUT2D eigenvalue weighted by molar-refractivity contribution is 5.88. The number of hydrogen-bond donors (Lipinski definition) is 0. The Bertz CT molecular complexity index is 198. The first-order valence-corrected chi connectivity index (χ1v) is 4.35. The van der Waals surface area contributed by atoms with Crippen LogP contribution in [0, 0.1) is 0 Å². The van der Waals surface area contributed by atoms with Crippen molar-refractivity contribution < 1.29 is 4.79 Å². The van der Waals surface area contributed by atoms with Gasteiger partial charge >= 0.3 is 0 Å². The Morgan fingerprint density at radius 3 is 3.18 bits per heavy atom. The van der Waals surface area contributed by atoms with Gasteiger partial charge in [-0.1, -0.05) is 6.08 Å². The van der Waals surface area contributed by atoms with E-state index < -0.39 is 0 Å². The van der Waals surface area contributed by atoms with E-state index in [1.54, 1.807) is 6.08 Å². The number of amides is 1. The molecule has 60 valence electrons. The van der Waals surface area contributed by atoms with Crippen molar-refractivity contribution in [3.63, 3.8) is 0 Å². The smallest absolute Gasteiger partial charge is 0.246 e. The lowest BCUT2D eigenvalue weighted by molar-refractivity contribution is -0.130. The van der Waals surface area contributed by atoms with Crippen molar-refractivity contribution in [1.29, 1.82) is 0 Å². The highest BCUT2D eigenvalue weighted by Crippen LogP contribution is 2.22. The predicted molar refractivity (Wildman–Crippen MR) is 43.1 cm³/mol. The van der Waals surface area contributed by atoms with Gasteiger partial charge < -0.3 is 4.90 Å². The predicted octanol–water partition coefficient (Wildman–Crippen LogP) is 1.33. The molecule has 1 fully saturated rings. The number of fused-ring (bicyclic) bond motifs is 1. The van der Waals surface area contributed by atoms with Crippen molar-refractivity contribution in [2.45, 2.75) is 31.7 Å². The van der Waals surface area contributed by atoms with Gasteiger partial charge in [0.15, 0.2) is 0 Å². The summed E-state index contributed by atoms with van der Waals surface area (Å²) in [5.74, 6) is 0.223. The Morgan fingerprint density at radius 1 is 1.45 bits per heavy atom. The summed E-state index contributed by atoms with van der Waals surface area (Å²) in [4.78, 5) is 13.3. The lowest BCUT2D eigenvalue weighted by atomic mass is 9.96. The number of carbonyl (C=O) groups excluding carboxylic acids is 1. The topological polar surface area (TPSA) is 20.3 Å². The Morgan fingerprint density at radius 2 is 2.36 bits per heavy atom. The molecule has 0 aliphatic carbocycles. The highest BCUT2D eigenvalue weighted by Gasteiger charge is 2.26. The summed E-state index contributed by atoms with van der Waals surface area (Å²) in [6.07, 6.45) is 8.48. The summed E-state index contributed by atoms with van der Waals surface area (Å²) in [5, 5.41) is 0. The lowest BCUT2D eigenvalue weighted by Crippen LogP contribution is -2.44. The zero-order valence-electron chi connectivity index (χ0n) is 6.62. The number of carbonyl (C=O) groups is 1. The van der Waals surface area contributed by atoms with Gasteiger partial charge in [-0.2, -0.15) is 0 Å². The molecule has 2 aliphatic heterocycles. The maximum Gasteiger partial charge on any atom is 0.246 e. The van der Waals surface area contributed by atoms with E-state index in [1.165, 1.54) is 19.3 Å². The molecule has 0 aromatic carbocycles. The van der Waals surface area contributed by atoms with Crippen LogP contribution in [0.2, 0.25) is 0 Å². The second kappa shape index (κ2) is 2.68. The van der Waals surface area contributed by atoms with Gasteiger partial charge in [0.2, 0.25) is 5.91 Å². The van der Waals surface area contributed by atoms with Gasteiger partial charge in [0.05, 0.1) is 0 Å². The fourth-order valence-corrected chi connectivity index (χ4v) is 1.96. The minimum Gasteiger partial charge on any atom is -0.336 e.